The number of hydrogen-bond donors (Lipinski definition) is 1. The number of para-hydroxylation sites is 1. The Kier molecular flexibility index (Phi) is 3.23. The van der Waals surface area contributed by atoms with Crippen LogP contribution in [0, 0.1) is 5.92 Å². The van der Waals surface area contributed by atoms with Gasteiger partial charge >= 0.3 is 0 Å². The van der Waals surface area contributed by atoms with Gasteiger partial charge in [-0.25, -0.2) is 0 Å². The van der Waals surface area contributed by atoms with E-state index in [-0.39, 0.29) is 5.91 Å². The number of carbonyl (C=O) groups is 1. The molecule has 0 bridgehead atoms. The van der Waals surface area contributed by atoms with Crippen LogP contribution < -0.4 is 0 Å². The van der Waals surface area contributed by atoms with Gasteiger partial charge in [0.15, 0.2) is 0 Å². The molecule has 1 N–H and O–H groups in total. The molecule has 3 rings (SSSR count). The molecule has 4 heteroatoms. The fourth-order valence-corrected chi connectivity index (χ4v) is 2.83. The zero-order valence-corrected chi connectivity index (χ0v) is 11.2. The number of aromatic nitrogens is 2. The van der Waals surface area contributed by atoms with E-state index in [9.17, 15) is 4.79 Å². The van der Waals surface area contributed by atoms with Gasteiger partial charge in [-0.3, -0.25) is 9.89 Å². The average molecular weight is 257 g/mol. The second kappa shape index (κ2) is 5.03. The molecule has 0 spiro atoms. The molecular formula is C15H19N3O. The summed E-state index contributed by atoms with van der Waals surface area (Å²) in [6.07, 6.45) is 2.78. The first-order valence-corrected chi connectivity index (χ1v) is 6.94. The molecule has 100 valence electrons. The number of aromatic amines is 1. The van der Waals surface area contributed by atoms with Crippen molar-refractivity contribution in [3.05, 3.63) is 30.0 Å². The average Bonchev–Trinajstić information content (AvgIpc) is 2.82. The molecule has 1 aromatic carbocycles. The summed E-state index contributed by atoms with van der Waals surface area (Å²) in [6.45, 7) is 4.01. The predicted octanol–water partition coefficient (Wildman–Crippen LogP) is 2.36. The molecule has 1 fully saturated rings. The van der Waals surface area contributed by atoms with E-state index in [0.29, 0.717) is 12.3 Å². The monoisotopic (exact) mass is 257 g/mol. The van der Waals surface area contributed by atoms with Crippen molar-refractivity contribution in [3.63, 3.8) is 0 Å². The summed E-state index contributed by atoms with van der Waals surface area (Å²) >= 11 is 0. The third kappa shape index (κ3) is 2.48. The van der Waals surface area contributed by atoms with Gasteiger partial charge < -0.3 is 4.90 Å². The van der Waals surface area contributed by atoms with Gasteiger partial charge in [0.2, 0.25) is 5.91 Å². The first-order valence-electron chi connectivity index (χ1n) is 6.94. The highest BCUT2D eigenvalue weighted by Gasteiger charge is 2.21. The number of benzene rings is 1. The molecule has 1 amide bonds. The highest BCUT2D eigenvalue weighted by molar-refractivity contribution is 5.87. The van der Waals surface area contributed by atoms with Gasteiger partial charge in [0.05, 0.1) is 17.6 Å². The smallest absolute Gasteiger partial charge is 0.228 e. The van der Waals surface area contributed by atoms with Gasteiger partial charge in [-0.2, -0.15) is 5.10 Å². The van der Waals surface area contributed by atoms with Crippen LogP contribution in [0.3, 0.4) is 0 Å². The Hall–Kier alpha value is -1.84. The van der Waals surface area contributed by atoms with Crippen molar-refractivity contribution >= 4 is 16.8 Å². The minimum atomic E-state index is 0.209. The maximum absolute atomic E-state index is 12.3. The number of nitrogens with zero attached hydrogens (tertiary/aromatic N) is 2. The van der Waals surface area contributed by atoms with Crippen molar-refractivity contribution in [2.45, 2.75) is 26.2 Å². The highest BCUT2D eigenvalue weighted by Crippen LogP contribution is 2.19. The summed E-state index contributed by atoms with van der Waals surface area (Å²) in [5, 5.41) is 8.29. The van der Waals surface area contributed by atoms with E-state index in [4.69, 9.17) is 0 Å². The fourth-order valence-electron chi connectivity index (χ4n) is 2.83. The SMILES string of the molecule is CC1CCCN(C(=O)Cc2[nH]nc3ccccc23)C1. The third-order valence-corrected chi connectivity index (χ3v) is 3.88. The first-order chi connectivity index (χ1) is 9.24. The molecule has 1 aliphatic heterocycles. The number of piperidine rings is 1. The van der Waals surface area contributed by atoms with Crippen molar-refractivity contribution in [3.8, 4) is 0 Å². The quantitative estimate of drug-likeness (QED) is 0.898. The number of amides is 1. The van der Waals surface area contributed by atoms with Crippen molar-refractivity contribution in [2.24, 2.45) is 5.92 Å². The Bertz CT molecular complexity index is 590. The molecular weight excluding hydrogens is 238 g/mol. The maximum atomic E-state index is 12.3. The summed E-state index contributed by atoms with van der Waals surface area (Å²) in [6, 6.07) is 7.92. The van der Waals surface area contributed by atoms with Gasteiger partial charge in [0.25, 0.3) is 0 Å². The van der Waals surface area contributed by atoms with Crippen LogP contribution in [-0.4, -0.2) is 34.1 Å². The standard InChI is InChI=1S/C15H19N3O/c1-11-5-4-8-18(10-11)15(19)9-14-12-6-2-3-7-13(12)16-17-14/h2-3,6-7,11H,4-5,8-10H2,1H3,(H,16,17). The number of carbonyl (C=O) groups excluding carboxylic acids is 1. The number of nitrogens with one attached hydrogen (secondary N) is 1. The Morgan fingerprint density at radius 2 is 2.32 bits per heavy atom. The van der Waals surface area contributed by atoms with Crippen LogP contribution in [0.4, 0.5) is 0 Å². The van der Waals surface area contributed by atoms with E-state index >= 15 is 0 Å². The number of fused-ring (bicyclic) bond motifs is 1. The topological polar surface area (TPSA) is 49.0 Å². The molecule has 2 heterocycles. The van der Waals surface area contributed by atoms with Crippen LogP contribution in [-0.2, 0) is 11.2 Å². The second-order valence-corrected chi connectivity index (χ2v) is 5.48. The lowest BCUT2D eigenvalue weighted by atomic mass is 10.00. The van der Waals surface area contributed by atoms with Gasteiger partial charge in [0, 0.05) is 18.5 Å². The Balaban J connectivity index is 1.75. The Labute approximate surface area is 112 Å². The fraction of sp³-hybridized carbons (Fsp3) is 0.467. The van der Waals surface area contributed by atoms with Gasteiger partial charge in [-0.05, 0) is 24.8 Å². The summed E-state index contributed by atoms with van der Waals surface area (Å²) in [5.74, 6) is 0.831. The minimum absolute atomic E-state index is 0.209. The largest absolute Gasteiger partial charge is 0.342 e. The third-order valence-electron chi connectivity index (χ3n) is 3.88. The van der Waals surface area contributed by atoms with E-state index < -0.39 is 0 Å². The normalized spacial score (nSPS) is 19.8. The second-order valence-electron chi connectivity index (χ2n) is 5.48. The summed E-state index contributed by atoms with van der Waals surface area (Å²) in [7, 11) is 0. The van der Waals surface area contributed by atoms with Crippen molar-refractivity contribution < 1.29 is 4.79 Å². The molecule has 1 saturated heterocycles. The molecule has 0 saturated carbocycles. The molecule has 1 aliphatic rings. The summed E-state index contributed by atoms with van der Waals surface area (Å²) in [4.78, 5) is 14.3. The van der Waals surface area contributed by atoms with Crippen molar-refractivity contribution in [2.75, 3.05) is 13.1 Å². The predicted molar refractivity (Wildman–Crippen MR) is 74.8 cm³/mol. The molecule has 1 unspecified atom stereocenters. The number of hydrogen-bond acceptors (Lipinski definition) is 2. The van der Waals surface area contributed by atoms with E-state index in [1.807, 2.05) is 29.2 Å². The lowest BCUT2D eigenvalue weighted by Gasteiger charge is -2.30. The van der Waals surface area contributed by atoms with E-state index in [2.05, 4.69) is 17.1 Å². The maximum Gasteiger partial charge on any atom is 0.228 e. The van der Waals surface area contributed by atoms with Crippen LogP contribution in [0.5, 0.6) is 0 Å². The molecule has 4 nitrogen and oxygen atoms in total. The van der Waals surface area contributed by atoms with E-state index in [0.717, 1.165) is 36.1 Å². The molecule has 1 atom stereocenters. The lowest BCUT2D eigenvalue weighted by molar-refractivity contribution is -0.132. The number of rotatable bonds is 2. The molecule has 1 aromatic heterocycles. The summed E-state index contributed by atoms with van der Waals surface area (Å²) in [5.41, 5.74) is 1.86. The highest BCUT2D eigenvalue weighted by atomic mass is 16.2. The van der Waals surface area contributed by atoms with E-state index in [1.165, 1.54) is 6.42 Å². The Morgan fingerprint density at radius 1 is 1.47 bits per heavy atom. The zero-order valence-electron chi connectivity index (χ0n) is 11.2. The van der Waals surface area contributed by atoms with Crippen LogP contribution in [0.1, 0.15) is 25.5 Å². The molecule has 0 radical (unpaired) electrons. The number of likely N-dealkylation sites (tertiary alicyclic amines) is 1. The van der Waals surface area contributed by atoms with Crippen LogP contribution in [0.25, 0.3) is 10.9 Å². The zero-order chi connectivity index (χ0) is 13.2. The molecule has 19 heavy (non-hydrogen) atoms. The minimum Gasteiger partial charge on any atom is -0.342 e. The van der Waals surface area contributed by atoms with Crippen LogP contribution in [0.2, 0.25) is 0 Å². The first kappa shape index (κ1) is 12.2. The van der Waals surface area contributed by atoms with Crippen molar-refractivity contribution in [1.29, 1.82) is 0 Å². The summed E-state index contributed by atoms with van der Waals surface area (Å²) < 4.78 is 0. The van der Waals surface area contributed by atoms with Crippen LogP contribution >= 0.6 is 0 Å². The van der Waals surface area contributed by atoms with Gasteiger partial charge in [-0.1, -0.05) is 25.1 Å². The van der Waals surface area contributed by atoms with Crippen LogP contribution in [0.15, 0.2) is 24.3 Å². The van der Waals surface area contributed by atoms with Crippen molar-refractivity contribution in [1.82, 2.24) is 15.1 Å². The molecule has 0 aliphatic carbocycles. The van der Waals surface area contributed by atoms with Gasteiger partial charge in [0.1, 0.15) is 0 Å². The van der Waals surface area contributed by atoms with Gasteiger partial charge in [-0.15, -0.1) is 0 Å². The lowest BCUT2D eigenvalue weighted by Crippen LogP contribution is -2.40. The Morgan fingerprint density at radius 3 is 3.16 bits per heavy atom. The van der Waals surface area contributed by atoms with E-state index in [1.54, 1.807) is 0 Å². The number of H-pyrrole nitrogens is 1. The molecule has 2 aromatic rings.